The highest BCUT2D eigenvalue weighted by Crippen LogP contribution is 2.34. The molecule has 1 fully saturated rings. The van der Waals surface area contributed by atoms with Gasteiger partial charge in [-0.1, -0.05) is 55.4 Å². The van der Waals surface area contributed by atoms with E-state index >= 15 is 0 Å². The number of hydrogen-bond acceptors (Lipinski definition) is 5. The van der Waals surface area contributed by atoms with Crippen molar-refractivity contribution in [3.63, 3.8) is 0 Å². The van der Waals surface area contributed by atoms with Crippen LogP contribution in [0.3, 0.4) is 0 Å². The van der Waals surface area contributed by atoms with Crippen LogP contribution in [-0.4, -0.2) is 22.6 Å². The van der Waals surface area contributed by atoms with E-state index in [2.05, 4.69) is 47.8 Å². The van der Waals surface area contributed by atoms with Gasteiger partial charge in [0.25, 0.3) is 5.91 Å². The molecule has 6 nitrogen and oxygen atoms in total. The molecular formula is C24H24N4O2. The van der Waals surface area contributed by atoms with Gasteiger partial charge in [-0.25, -0.2) is 0 Å². The third-order valence-electron chi connectivity index (χ3n) is 5.20. The van der Waals surface area contributed by atoms with Crippen LogP contribution in [0.2, 0.25) is 0 Å². The standard InChI is InChI=1S/C24H24N4O2/c1-16(2)26-14-17-6-8-18(9-7-17)22-13-21(28-30-22)19-4-3-5-20(12-19)23(29)27-24(15-25)10-11-24/h3-9,12-13,16,26H,10-11,14H2,1-2H3,(H,27,29). The van der Waals surface area contributed by atoms with Crippen molar-refractivity contribution in [2.24, 2.45) is 0 Å². The van der Waals surface area contributed by atoms with Gasteiger partial charge in [-0.05, 0) is 30.5 Å². The SMILES string of the molecule is CC(C)NCc1ccc(-c2cc(-c3cccc(C(=O)NC4(C#N)CC4)c3)no2)cc1. The van der Waals surface area contributed by atoms with Gasteiger partial charge in [0.05, 0.1) is 6.07 Å². The fourth-order valence-electron chi connectivity index (χ4n) is 3.16. The Morgan fingerprint density at radius 3 is 2.60 bits per heavy atom. The van der Waals surface area contributed by atoms with E-state index in [1.54, 1.807) is 18.2 Å². The number of carbonyl (C=O) groups is 1. The molecule has 30 heavy (non-hydrogen) atoms. The van der Waals surface area contributed by atoms with Gasteiger partial charge in [0.1, 0.15) is 11.2 Å². The van der Waals surface area contributed by atoms with Crippen molar-refractivity contribution in [1.29, 1.82) is 5.26 Å². The highest BCUT2D eigenvalue weighted by molar-refractivity contribution is 5.96. The topological polar surface area (TPSA) is 91.0 Å². The van der Waals surface area contributed by atoms with Gasteiger partial charge in [0, 0.05) is 35.3 Å². The molecule has 152 valence electrons. The molecule has 0 aliphatic heterocycles. The average Bonchev–Trinajstić information content (AvgIpc) is 3.36. The highest BCUT2D eigenvalue weighted by atomic mass is 16.5. The van der Waals surface area contributed by atoms with E-state index in [-0.39, 0.29) is 5.91 Å². The summed E-state index contributed by atoms with van der Waals surface area (Å²) in [4.78, 5) is 12.5. The Labute approximate surface area is 175 Å². The van der Waals surface area contributed by atoms with Crippen LogP contribution in [0.5, 0.6) is 0 Å². The molecule has 0 saturated heterocycles. The molecule has 1 aliphatic rings. The molecule has 2 N–H and O–H groups in total. The lowest BCUT2D eigenvalue weighted by atomic mass is 10.1. The maximum Gasteiger partial charge on any atom is 0.252 e. The van der Waals surface area contributed by atoms with Gasteiger partial charge >= 0.3 is 0 Å². The number of amides is 1. The lowest BCUT2D eigenvalue weighted by Gasteiger charge is -2.09. The van der Waals surface area contributed by atoms with Gasteiger partial charge in [-0.3, -0.25) is 4.79 Å². The molecule has 0 bridgehead atoms. The highest BCUT2D eigenvalue weighted by Gasteiger charge is 2.44. The fourth-order valence-corrected chi connectivity index (χ4v) is 3.16. The predicted molar refractivity (Wildman–Crippen MR) is 114 cm³/mol. The second-order valence-corrected chi connectivity index (χ2v) is 8.04. The monoisotopic (exact) mass is 400 g/mol. The Morgan fingerprint density at radius 1 is 1.17 bits per heavy atom. The van der Waals surface area contributed by atoms with E-state index in [0.29, 0.717) is 35.9 Å². The number of hydrogen-bond donors (Lipinski definition) is 2. The number of nitriles is 1. The second-order valence-electron chi connectivity index (χ2n) is 8.04. The summed E-state index contributed by atoms with van der Waals surface area (Å²) in [6.45, 7) is 5.06. The zero-order valence-corrected chi connectivity index (χ0v) is 17.1. The zero-order chi connectivity index (χ0) is 21.1. The van der Waals surface area contributed by atoms with Crippen LogP contribution < -0.4 is 10.6 Å². The molecule has 1 heterocycles. The number of benzene rings is 2. The first kappa shape index (κ1) is 19.9. The summed E-state index contributed by atoms with van der Waals surface area (Å²) in [5, 5.41) is 19.6. The van der Waals surface area contributed by atoms with Crippen LogP contribution in [0.4, 0.5) is 0 Å². The Balaban J connectivity index is 1.49. The quantitative estimate of drug-likeness (QED) is 0.617. The predicted octanol–water partition coefficient (Wildman–Crippen LogP) is 4.29. The lowest BCUT2D eigenvalue weighted by molar-refractivity contribution is 0.0941. The van der Waals surface area contributed by atoms with Crippen molar-refractivity contribution in [3.05, 3.63) is 65.7 Å². The van der Waals surface area contributed by atoms with Crippen molar-refractivity contribution in [3.8, 4) is 28.7 Å². The van der Waals surface area contributed by atoms with Gasteiger partial charge < -0.3 is 15.2 Å². The van der Waals surface area contributed by atoms with Gasteiger partial charge in [0.2, 0.25) is 0 Å². The fraction of sp³-hybridized carbons (Fsp3) is 0.292. The molecule has 0 radical (unpaired) electrons. The summed E-state index contributed by atoms with van der Waals surface area (Å²) in [5.41, 5.74) is 3.41. The Kier molecular flexibility index (Phi) is 5.39. The number of rotatable bonds is 7. The maximum absolute atomic E-state index is 12.5. The number of nitrogens with one attached hydrogen (secondary N) is 2. The molecule has 6 heteroatoms. The smallest absolute Gasteiger partial charge is 0.252 e. The molecule has 0 unspecified atom stereocenters. The average molecular weight is 400 g/mol. The summed E-state index contributed by atoms with van der Waals surface area (Å²) in [6.07, 6.45) is 1.40. The summed E-state index contributed by atoms with van der Waals surface area (Å²) in [7, 11) is 0. The molecule has 1 aliphatic carbocycles. The molecule has 1 aromatic heterocycles. The first-order valence-corrected chi connectivity index (χ1v) is 10.1. The van der Waals surface area contributed by atoms with E-state index in [1.165, 1.54) is 5.56 Å². The summed E-state index contributed by atoms with van der Waals surface area (Å²) in [5.74, 6) is 0.426. The summed E-state index contributed by atoms with van der Waals surface area (Å²) < 4.78 is 5.54. The van der Waals surface area contributed by atoms with Crippen molar-refractivity contribution in [2.45, 2.75) is 44.8 Å². The van der Waals surface area contributed by atoms with Crippen LogP contribution >= 0.6 is 0 Å². The van der Waals surface area contributed by atoms with E-state index in [4.69, 9.17) is 4.52 Å². The number of carbonyl (C=O) groups excluding carboxylic acids is 1. The van der Waals surface area contributed by atoms with Crippen molar-refractivity contribution in [2.75, 3.05) is 0 Å². The van der Waals surface area contributed by atoms with E-state index < -0.39 is 5.54 Å². The molecule has 0 spiro atoms. The van der Waals surface area contributed by atoms with Gasteiger partial charge in [0.15, 0.2) is 5.76 Å². The Hall–Kier alpha value is -3.43. The van der Waals surface area contributed by atoms with Crippen LogP contribution in [0, 0.1) is 11.3 Å². The first-order chi connectivity index (χ1) is 14.5. The van der Waals surface area contributed by atoms with E-state index in [1.807, 2.05) is 24.3 Å². The van der Waals surface area contributed by atoms with Gasteiger partial charge in [-0.2, -0.15) is 5.26 Å². The van der Waals surface area contributed by atoms with E-state index in [0.717, 1.165) is 17.7 Å². The Morgan fingerprint density at radius 2 is 1.93 bits per heavy atom. The maximum atomic E-state index is 12.5. The second kappa shape index (κ2) is 8.13. The number of aromatic nitrogens is 1. The lowest BCUT2D eigenvalue weighted by Crippen LogP contribution is -2.35. The van der Waals surface area contributed by atoms with E-state index in [9.17, 15) is 10.1 Å². The van der Waals surface area contributed by atoms with Crippen molar-refractivity contribution < 1.29 is 9.32 Å². The molecule has 0 atom stereocenters. The van der Waals surface area contributed by atoms with Crippen molar-refractivity contribution in [1.82, 2.24) is 15.8 Å². The number of nitrogens with zero attached hydrogens (tertiary/aromatic N) is 2. The summed E-state index contributed by atoms with van der Waals surface area (Å²) in [6, 6.07) is 19.9. The van der Waals surface area contributed by atoms with Crippen LogP contribution in [0.15, 0.2) is 59.1 Å². The van der Waals surface area contributed by atoms with Crippen LogP contribution in [0.1, 0.15) is 42.6 Å². The molecule has 2 aromatic carbocycles. The molecule has 3 aromatic rings. The Bertz CT molecular complexity index is 1090. The van der Waals surface area contributed by atoms with Crippen LogP contribution in [-0.2, 0) is 6.54 Å². The summed E-state index contributed by atoms with van der Waals surface area (Å²) >= 11 is 0. The van der Waals surface area contributed by atoms with Crippen molar-refractivity contribution >= 4 is 5.91 Å². The molecule has 1 amide bonds. The minimum absolute atomic E-state index is 0.245. The zero-order valence-electron chi connectivity index (χ0n) is 17.1. The minimum Gasteiger partial charge on any atom is -0.356 e. The largest absolute Gasteiger partial charge is 0.356 e. The minimum atomic E-state index is -0.689. The normalized spacial score (nSPS) is 14.3. The third kappa shape index (κ3) is 4.42. The van der Waals surface area contributed by atoms with Crippen LogP contribution in [0.25, 0.3) is 22.6 Å². The third-order valence-corrected chi connectivity index (χ3v) is 5.20. The molecular weight excluding hydrogens is 376 g/mol. The van der Waals surface area contributed by atoms with Gasteiger partial charge in [-0.15, -0.1) is 0 Å². The molecule has 4 rings (SSSR count). The molecule has 1 saturated carbocycles. The first-order valence-electron chi connectivity index (χ1n) is 10.1.